The van der Waals surface area contributed by atoms with Gasteiger partial charge in [0.15, 0.2) is 0 Å². The topological polar surface area (TPSA) is 36.7 Å². The van der Waals surface area contributed by atoms with Crippen LogP contribution in [0.4, 0.5) is 0 Å². The first kappa shape index (κ1) is 8.00. The summed E-state index contributed by atoms with van der Waals surface area (Å²) in [4.78, 5) is 0. The van der Waals surface area contributed by atoms with E-state index in [0.29, 0.717) is 14.7 Å². The van der Waals surface area contributed by atoms with E-state index in [2.05, 4.69) is 28.8 Å². The minimum atomic E-state index is 0.372. The quantitative estimate of drug-likeness (QED) is 0.615. The molecule has 0 fully saturated rings. The molecule has 0 spiro atoms. The van der Waals surface area contributed by atoms with Crippen LogP contribution in [0, 0.1) is 11.8 Å². The predicted octanol–water partition coefficient (Wildman–Crippen LogP) is 1.43. The molecule has 2 rings (SSSR count). The van der Waals surface area contributed by atoms with E-state index in [1.165, 1.54) is 9.65 Å². The van der Waals surface area contributed by atoms with Gasteiger partial charge in [-0.2, -0.15) is 0 Å². The van der Waals surface area contributed by atoms with Gasteiger partial charge in [0.2, 0.25) is 0 Å². The fraction of sp³-hybridized carbons (Fsp3) is 0. The van der Waals surface area contributed by atoms with Crippen molar-refractivity contribution in [2.45, 2.75) is 0 Å². The molecule has 54 valence electrons. The Hall–Kier alpha value is -1.10. The van der Waals surface area contributed by atoms with Gasteiger partial charge in [0.25, 0.3) is 0 Å². The Labute approximate surface area is 71.1 Å². The second-order valence-corrected chi connectivity index (χ2v) is 3.61. The fourth-order valence-electron chi connectivity index (χ4n) is 0.810. The third kappa shape index (κ3) is 1.68. The van der Waals surface area contributed by atoms with Crippen molar-refractivity contribution < 1.29 is 0 Å². The number of hydrogen-bond acceptors (Lipinski definition) is 2. The van der Waals surface area contributed by atoms with E-state index in [0.717, 1.165) is 0 Å². The van der Waals surface area contributed by atoms with E-state index in [-0.39, 0.29) is 0 Å². The molecule has 0 unspecified atom stereocenters. The number of nitriles is 1. The summed E-state index contributed by atoms with van der Waals surface area (Å²) in [5.41, 5.74) is 0. The summed E-state index contributed by atoms with van der Waals surface area (Å²) in [6.45, 7) is 3.50. The Balaban J connectivity index is 0.000000281. The Bertz CT molecular complexity index is 321. The zero-order valence-corrected chi connectivity index (χ0v) is 7.48. The molecule has 3 heteroatoms. The molecule has 0 N–H and O–H groups in total. The third-order valence-corrected chi connectivity index (χ3v) is 2.90. The molecule has 0 aliphatic rings. The molecule has 1 aromatic carbocycles. The molecule has 0 radical (unpaired) electrons. The van der Waals surface area contributed by atoms with Crippen LogP contribution in [0.5, 0.6) is 0 Å². The van der Waals surface area contributed by atoms with Crippen molar-refractivity contribution in [2.24, 2.45) is 0 Å². The molecule has 0 saturated heterocycles. The molecule has 0 saturated carbocycles. The number of nitrogens with zero attached hydrogens (tertiary/aromatic N) is 2. The average molecular weight is 209 g/mol. The zero-order chi connectivity index (χ0) is 8.10. The SMILES string of the molecule is C#N.c1ccc2[se]ncc2c1. The number of rotatable bonds is 0. The normalized spacial score (nSPS) is 8.55. The molecular weight excluding hydrogens is 203 g/mol. The minimum absolute atomic E-state index is 0.372. The van der Waals surface area contributed by atoms with Crippen LogP contribution in [0.25, 0.3) is 9.65 Å². The zero-order valence-electron chi connectivity index (χ0n) is 5.77. The van der Waals surface area contributed by atoms with E-state index < -0.39 is 0 Å². The number of benzene rings is 1. The summed E-state index contributed by atoms with van der Waals surface area (Å²) < 4.78 is 5.60. The monoisotopic (exact) mass is 210 g/mol. The molecule has 2 nitrogen and oxygen atoms in total. The predicted molar refractivity (Wildman–Crippen MR) is 45.4 cm³/mol. The van der Waals surface area contributed by atoms with Crippen molar-refractivity contribution in [2.75, 3.05) is 0 Å². The van der Waals surface area contributed by atoms with E-state index in [4.69, 9.17) is 5.26 Å². The van der Waals surface area contributed by atoms with Gasteiger partial charge in [-0.25, -0.2) is 5.26 Å². The summed E-state index contributed by atoms with van der Waals surface area (Å²) in [6.07, 6.45) is 1.95. The van der Waals surface area contributed by atoms with Gasteiger partial charge in [0.1, 0.15) is 0 Å². The molecule has 1 heterocycles. The van der Waals surface area contributed by atoms with E-state index in [9.17, 15) is 0 Å². The van der Waals surface area contributed by atoms with Crippen LogP contribution in [0.15, 0.2) is 30.5 Å². The van der Waals surface area contributed by atoms with Gasteiger partial charge in [0.05, 0.1) is 0 Å². The first-order valence-electron chi connectivity index (χ1n) is 3.02. The molecule has 0 bridgehead atoms. The van der Waals surface area contributed by atoms with Crippen LogP contribution in [-0.2, 0) is 0 Å². The van der Waals surface area contributed by atoms with Crippen molar-refractivity contribution in [1.29, 1.82) is 5.26 Å². The van der Waals surface area contributed by atoms with Crippen molar-refractivity contribution in [1.82, 2.24) is 3.98 Å². The summed E-state index contributed by atoms with van der Waals surface area (Å²) in [7, 11) is 0. The molecule has 0 aliphatic carbocycles. The number of aromatic nitrogens is 1. The maximum atomic E-state index is 6.50. The third-order valence-electron chi connectivity index (χ3n) is 1.26. The van der Waals surface area contributed by atoms with Crippen LogP contribution >= 0.6 is 0 Å². The van der Waals surface area contributed by atoms with Crippen molar-refractivity contribution in [3.05, 3.63) is 30.5 Å². The summed E-state index contributed by atoms with van der Waals surface area (Å²) >= 11 is 0.372. The summed E-state index contributed by atoms with van der Waals surface area (Å²) in [5.74, 6) is 0. The Kier molecular flexibility index (Phi) is 2.85. The van der Waals surface area contributed by atoms with Gasteiger partial charge >= 0.3 is 58.8 Å². The van der Waals surface area contributed by atoms with E-state index in [1.54, 1.807) is 0 Å². The first-order valence-corrected chi connectivity index (χ1v) is 4.64. The van der Waals surface area contributed by atoms with Gasteiger partial charge in [-0.1, -0.05) is 0 Å². The summed E-state index contributed by atoms with van der Waals surface area (Å²) in [5, 5.41) is 7.80. The van der Waals surface area contributed by atoms with Crippen LogP contribution in [-0.4, -0.2) is 18.7 Å². The number of hydrogen-bond donors (Lipinski definition) is 0. The fourth-order valence-corrected chi connectivity index (χ4v) is 2.16. The first-order chi connectivity index (χ1) is 5.47. The van der Waals surface area contributed by atoms with Gasteiger partial charge in [-0.3, -0.25) is 0 Å². The molecule has 0 amide bonds. The van der Waals surface area contributed by atoms with Gasteiger partial charge < -0.3 is 0 Å². The molecule has 1 aromatic heterocycles. The van der Waals surface area contributed by atoms with Gasteiger partial charge in [-0.05, 0) is 0 Å². The second kappa shape index (κ2) is 3.92. The maximum absolute atomic E-state index is 6.50. The van der Waals surface area contributed by atoms with E-state index >= 15 is 0 Å². The van der Waals surface area contributed by atoms with Crippen LogP contribution in [0.1, 0.15) is 0 Å². The van der Waals surface area contributed by atoms with Gasteiger partial charge in [-0.15, -0.1) is 0 Å². The molecule has 0 aliphatic heterocycles. The second-order valence-electron chi connectivity index (χ2n) is 1.86. The molecular formula is C8H6N2Se. The Morgan fingerprint density at radius 3 is 2.73 bits per heavy atom. The van der Waals surface area contributed by atoms with Crippen LogP contribution in [0.2, 0.25) is 0 Å². The van der Waals surface area contributed by atoms with E-state index in [1.807, 2.05) is 12.3 Å². The van der Waals surface area contributed by atoms with Crippen molar-refractivity contribution in [3.63, 3.8) is 0 Å². The average Bonchev–Trinajstić information content (AvgIpc) is 2.55. The standard InChI is InChI=1S/C7H5NSe.CHN/c1-2-4-7-6(3-1)5-8-9-7;1-2/h1-5H;1H. The summed E-state index contributed by atoms with van der Waals surface area (Å²) in [6, 6.07) is 8.36. The Morgan fingerprint density at radius 1 is 1.27 bits per heavy atom. The van der Waals surface area contributed by atoms with Crippen molar-refractivity contribution in [3.8, 4) is 6.57 Å². The Morgan fingerprint density at radius 2 is 2.00 bits per heavy atom. The molecule has 11 heavy (non-hydrogen) atoms. The number of fused-ring (bicyclic) bond motifs is 1. The van der Waals surface area contributed by atoms with Crippen LogP contribution in [0.3, 0.4) is 0 Å². The van der Waals surface area contributed by atoms with Crippen LogP contribution < -0.4 is 0 Å². The van der Waals surface area contributed by atoms with Crippen molar-refractivity contribution >= 4 is 24.4 Å². The molecule has 2 aromatic rings. The molecule has 0 atom stereocenters. The van der Waals surface area contributed by atoms with Gasteiger partial charge in [0, 0.05) is 6.57 Å².